The van der Waals surface area contributed by atoms with Crippen LogP contribution in [-0.2, 0) is 27.9 Å². The van der Waals surface area contributed by atoms with Crippen molar-refractivity contribution in [3.63, 3.8) is 0 Å². The van der Waals surface area contributed by atoms with E-state index in [0.717, 1.165) is 42.9 Å². The average Bonchev–Trinajstić information content (AvgIpc) is 3.37. The summed E-state index contributed by atoms with van der Waals surface area (Å²) >= 11 is 0. The van der Waals surface area contributed by atoms with Crippen molar-refractivity contribution in [2.45, 2.75) is 88.4 Å². The Hall–Kier alpha value is -1.98. The Labute approximate surface area is 213 Å². The van der Waals surface area contributed by atoms with Gasteiger partial charge in [0, 0.05) is 29.6 Å². The first-order valence-electron chi connectivity index (χ1n) is 14.1. The lowest BCUT2D eigenvalue weighted by Gasteiger charge is -2.75. The SMILES string of the molecule is CO[C@]12CC[C@@]3(C[C@@H]1COCc1ccoc1)[C@H]1Cc4ccc(O)c5c4[C@@]3(CCC1(C)CC1CC1)[C@H]2O5. The highest BCUT2D eigenvalue weighted by molar-refractivity contribution is 5.63. The van der Waals surface area contributed by atoms with E-state index in [1.165, 1.54) is 43.2 Å². The van der Waals surface area contributed by atoms with Crippen LogP contribution < -0.4 is 4.74 Å². The molecule has 5 nitrogen and oxygen atoms in total. The Morgan fingerprint density at radius 3 is 2.78 bits per heavy atom. The molecule has 5 heteroatoms. The van der Waals surface area contributed by atoms with Crippen molar-refractivity contribution in [1.82, 2.24) is 0 Å². The third kappa shape index (κ3) is 2.50. The van der Waals surface area contributed by atoms with Crippen LogP contribution in [0.25, 0.3) is 0 Å². The first-order chi connectivity index (χ1) is 17.5. The summed E-state index contributed by atoms with van der Waals surface area (Å²) in [5, 5.41) is 11.0. The number of rotatable bonds is 7. The van der Waals surface area contributed by atoms with Gasteiger partial charge in [-0.2, -0.15) is 0 Å². The molecule has 2 aromatic rings. The minimum atomic E-state index is -0.396. The Kier molecular flexibility index (Phi) is 4.35. The molecule has 4 bridgehead atoms. The van der Waals surface area contributed by atoms with Crippen LogP contribution in [0.3, 0.4) is 0 Å². The molecule has 1 aliphatic heterocycles. The molecule has 0 radical (unpaired) electrons. The number of fused-ring (bicyclic) bond motifs is 2. The summed E-state index contributed by atoms with van der Waals surface area (Å²) < 4.78 is 25.1. The van der Waals surface area contributed by atoms with E-state index in [-0.39, 0.29) is 22.9 Å². The van der Waals surface area contributed by atoms with E-state index in [9.17, 15) is 5.11 Å². The Balaban J connectivity index is 1.26. The first kappa shape index (κ1) is 22.0. The quantitative estimate of drug-likeness (QED) is 0.504. The van der Waals surface area contributed by atoms with Crippen LogP contribution in [0.15, 0.2) is 35.1 Å². The highest BCUT2D eigenvalue weighted by Gasteiger charge is 2.81. The van der Waals surface area contributed by atoms with Crippen molar-refractivity contribution in [2.75, 3.05) is 13.7 Å². The summed E-state index contributed by atoms with van der Waals surface area (Å²) in [7, 11) is 1.88. The van der Waals surface area contributed by atoms with Gasteiger partial charge in [-0.05, 0) is 85.3 Å². The van der Waals surface area contributed by atoms with E-state index < -0.39 is 5.60 Å². The molecule has 0 saturated heterocycles. The summed E-state index contributed by atoms with van der Waals surface area (Å²) in [6.07, 6.45) is 14.5. The van der Waals surface area contributed by atoms with E-state index in [4.69, 9.17) is 18.6 Å². The van der Waals surface area contributed by atoms with Gasteiger partial charge in [0.2, 0.25) is 0 Å². The second-order valence-corrected chi connectivity index (χ2v) is 13.3. The zero-order valence-corrected chi connectivity index (χ0v) is 21.6. The van der Waals surface area contributed by atoms with Crippen LogP contribution in [0.5, 0.6) is 11.5 Å². The lowest BCUT2D eigenvalue weighted by molar-refractivity contribution is -0.294. The molecule has 5 saturated carbocycles. The number of phenolic OH excluding ortho intramolecular Hbond substituents is 1. The lowest BCUT2D eigenvalue weighted by atomic mass is 9.29. The second-order valence-electron chi connectivity index (χ2n) is 13.3. The summed E-state index contributed by atoms with van der Waals surface area (Å²) in [6.45, 7) is 3.84. The van der Waals surface area contributed by atoms with Gasteiger partial charge in [0.05, 0.1) is 25.7 Å². The maximum atomic E-state index is 11.0. The highest BCUT2D eigenvalue weighted by atomic mass is 16.6. The van der Waals surface area contributed by atoms with Gasteiger partial charge in [0.25, 0.3) is 0 Å². The number of methoxy groups -OCH3 is 1. The van der Waals surface area contributed by atoms with Gasteiger partial charge in [-0.3, -0.25) is 0 Å². The summed E-state index contributed by atoms with van der Waals surface area (Å²) in [5.74, 6) is 2.89. The fourth-order valence-electron chi connectivity index (χ4n) is 10.5. The monoisotopic (exact) mass is 490 g/mol. The van der Waals surface area contributed by atoms with Crippen molar-refractivity contribution in [3.05, 3.63) is 47.4 Å². The molecular formula is C31H38O5. The van der Waals surface area contributed by atoms with Gasteiger partial charge < -0.3 is 23.7 Å². The molecule has 192 valence electrons. The number of benzene rings is 1. The van der Waals surface area contributed by atoms with Crippen LogP contribution in [-0.4, -0.2) is 30.5 Å². The molecule has 2 spiro atoms. The number of aromatic hydroxyl groups is 1. The van der Waals surface area contributed by atoms with E-state index >= 15 is 0 Å². The zero-order chi connectivity index (χ0) is 24.3. The fourth-order valence-corrected chi connectivity index (χ4v) is 10.5. The third-order valence-electron chi connectivity index (χ3n) is 12.0. The number of ether oxygens (including phenoxy) is 3. The van der Waals surface area contributed by atoms with Gasteiger partial charge in [-0.15, -0.1) is 0 Å². The van der Waals surface area contributed by atoms with Gasteiger partial charge in [0.1, 0.15) is 11.7 Å². The fraction of sp³-hybridized carbons (Fsp3) is 0.677. The maximum absolute atomic E-state index is 11.0. The van der Waals surface area contributed by atoms with Crippen molar-refractivity contribution in [2.24, 2.45) is 28.6 Å². The van der Waals surface area contributed by atoms with Crippen molar-refractivity contribution < 1.29 is 23.7 Å². The van der Waals surface area contributed by atoms with Crippen molar-refractivity contribution in [3.8, 4) is 11.5 Å². The number of furan rings is 1. The topological polar surface area (TPSA) is 61.1 Å². The Morgan fingerprint density at radius 2 is 2.00 bits per heavy atom. The molecule has 1 unspecified atom stereocenters. The second kappa shape index (κ2) is 7.11. The Bertz CT molecular complexity index is 1200. The number of hydrogen-bond acceptors (Lipinski definition) is 5. The number of hydrogen-bond donors (Lipinski definition) is 1. The molecule has 9 rings (SSSR count). The van der Waals surface area contributed by atoms with Gasteiger partial charge in [-0.1, -0.05) is 25.8 Å². The van der Waals surface area contributed by atoms with Gasteiger partial charge >= 0.3 is 0 Å². The minimum absolute atomic E-state index is 0.0578. The van der Waals surface area contributed by atoms with Crippen molar-refractivity contribution >= 4 is 0 Å². The highest BCUT2D eigenvalue weighted by Crippen LogP contribution is 2.81. The normalized spacial score (nSPS) is 43.3. The van der Waals surface area contributed by atoms with Crippen LogP contribution in [0.1, 0.15) is 75.0 Å². The minimum Gasteiger partial charge on any atom is -0.504 e. The predicted molar refractivity (Wildman–Crippen MR) is 134 cm³/mol. The molecule has 2 heterocycles. The van der Waals surface area contributed by atoms with Crippen LogP contribution >= 0.6 is 0 Å². The number of phenols is 1. The van der Waals surface area contributed by atoms with E-state index in [1.807, 2.05) is 19.2 Å². The summed E-state index contributed by atoms with van der Waals surface area (Å²) in [5.41, 5.74) is 3.93. The predicted octanol–water partition coefficient (Wildman–Crippen LogP) is 6.16. The maximum Gasteiger partial charge on any atom is 0.165 e. The molecule has 0 amide bonds. The standard InChI is InChI=1S/C31H38O5/c1-28(14-19-3-4-19)8-10-30-25-21-5-6-23(32)26(25)36-27(30)31(33-2)11-9-29(30,24(28)13-21)15-22(31)18-35-17-20-7-12-34-16-20/h5-7,12,16,19,22,24,27,32H,3-4,8-11,13-15,17-18H2,1-2H3/t22-,24+,27-,28?,29-,30+,31-/m1/s1. The van der Waals surface area contributed by atoms with E-state index in [0.29, 0.717) is 30.3 Å². The van der Waals surface area contributed by atoms with Crippen LogP contribution in [0.2, 0.25) is 0 Å². The third-order valence-corrected chi connectivity index (χ3v) is 12.0. The molecule has 7 atom stereocenters. The molecule has 1 aromatic heterocycles. The first-order valence-corrected chi connectivity index (χ1v) is 14.1. The zero-order valence-electron chi connectivity index (χ0n) is 21.6. The molecule has 1 N–H and O–H groups in total. The Morgan fingerprint density at radius 1 is 1.11 bits per heavy atom. The van der Waals surface area contributed by atoms with Crippen LogP contribution in [0, 0.1) is 28.6 Å². The molecule has 7 aliphatic rings. The lowest BCUT2D eigenvalue weighted by Crippen LogP contribution is -2.79. The molecule has 36 heavy (non-hydrogen) atoms. The van der Waals surface area contributed by atoms with Gasteiger partial charge in [0.15, 0.2) is 11.5 Å². The smallest absolute Gasteiger partial charge is 0.165 e. The van der Waals surface area contributed by atoms with E-state index in [2.05, 4.69) is 13.0 Å². The summed E-state index contributed by atoms with van der Waals surface area (Å²) in [4.78, 5) is 0. The van der Waals surface area contributed by atoms with Crippen molar-refractivity contribution in [1.29, 1.82) is 0 Å². The summed E-state index contributed by atoms with van der Waals surface area (Å²) in [6, 6.07) is 6.06. The van der Waals surface area contributed by atoms with E-state index in [1.54, 1.807) is 12.5 Å². The largest absolute Gasteiger partial charge is 0.504 e. The molecule has 5 fully saturated rings. The van der Waals surface area contributed by atoms with Gasteiger partial charge in [-0.25, -0.2) is 0 Å². The van der Waals surface area contributed by atoms with Crippen LogP contribution in [0.4, 0.5) is 0 Å². The average molecular weight is 491 g/mol. The molecular weight excluding hydrogens is 452 g/mol. The molecule has 6 aliphatic carbocycles. The molecule has 1 aromatic carbocycles.